The van der Waals surface area contributed by atoms with Crippen molar-refractivity contribution in [2.24, 2.45) is 0 Å². The lowest BCUT2D eigenvalue weighted by atomic mass is 10.0. The van der Waals surface area contributed by atoms with Crippen molar-refractivity contribution < 1.29 is 31.7 Å². The fourth-order valence-electron chi connectivity index (χ4n) is 2.68. The second-order valence-electron chi connectivity index (χ2n) is 5.95. The number of carbonyl (C=O) groups is 2. The van der Waals surface area contributed by atoms with Crippen molar-refractivity contribution in [3.63, 3.8) is 0 Å². The van der Waals surface area contributed by atoms with Crippen LogP contribution in [0.2, 0.25) is 0 Å². The number of allylic oxidation sites excluding steroid dienone is 1. The molecule has 140 valence electrons. The van der Waals surface area contributed by atoms with Gasteiger partial charge in [-0.15, -0.1) is 0 Å². The van der Waals surface area contributed by atoms with Crippen molar-refractivity contribution in [1.82, 2.24) is 0 Å². The second-order valence-corrected chi connectivity index (χ2v) is 7.53. The van der Waals surface area contributed by atoms with Crippen LogP contribution in [0.25, 0.3) is 6.08 Å². The molecule has 8 heteroatoms. The van der Waals surface area contributed by atoms with Crippen LogP contribution >= 0.6 is 0 Å². The zero-order valence-corrected chi connectivity index (χ0v) is 15.6. The first-order valence-corrected chi connectivity index (χ1v) is 9.66. The van der Waals surface area contributed by atoms with E-state index in [0.29, 0.717) is 22.3 Å². The summed E-state index contributed by atoms with van der Waals surface area (Å²) in [7, 11) is -2.40. The van der Waals surface area contributed by atoms with E-state index in [1.165, 1.54) is 19.2 Å². The quantitative estimate of drug-likeness (QED) is 0.451. The molecule has 0 spiro atoms. The lowest BCUT2D eigenvalue weighted by Crippen LogP contribution is -2.06. The van der Waals surface area contributed by atoms with Crippen molar-refractivity contribution >= 4 is 27.9 Å². The smallest absolute Gasteiger partial charge is 0.337 e. The topological polar surface area (TPSA) is 96.0 Å². The van der Waals surface area contributed by atoms with E-state index in [2.05, 4.69) is 4.74 Å². The third-order valence-electron chi connectivity index (χ3n) is 3.82. The van der Waals surface area contributed by atoms with E-state index in [0.717, 1.165) is 6.26 Å². The maximum absolute atomic E-state index is 12.6. The Balaban J connectivity index is 1.91. The predicted octanol–water partition coefficient (Wildman–Crippen LogP) is 2.74. The number of fused-ring (bicyclic) bond motifs is 1. The first-order chi connectivity index (χ1) is 12.7. The van der Waals surface area contributed by atoms with Crippen LogP contribution in [0.4, 0.5) is 0 Å². The molecule has 0 N–H and O–H groups in total. The SMILES string of the molecule is COC(=O)c1ccc(C=C2Oc3cc(OS(C)(=O)=O)cc(C)c3C2=O)cc1. The van der Waals surface area contributed by atoms with Crippen LogP contribution < -0.4 is 8.92 Å². The summed E-state index contributed by atoms with van der Waals surface area (Å²) in [5.41, 5.74) is 1.94. The Bertz CT molecular complexity index is 1060. The van der Waals surface area contributed by atoms with Crippen LogP contribution in [-0.2, 0) is 14.9 Å². The normalized spacial score (nSPS) is 14.6. The fourth-order valence-corrected chi connectivity index (χ4v) is 3.13. The third-order valence-corrected chi connectivity index (χ3v) is 4.32. The molecule has 0 radical (unpaired) electrons. The minimum Gasteiger partial charge on any atom is -0.465 e. The highest BCUT2D eigenvalue weighted by Gasteiger charge is 2.30. The third kappa shape index (κ3) is 4.01. The molecule has 0 unspecified atom stereocenters. The Kier molecular flexibility index (Phi) is 4.75. The predicted molar refractivity (Wildman–Crippen MR) is 97.4 cm³/mol. The molecule has 27 heavy (non-hydrogen) atoms. The molecule has 3 rings (SSSR count). The molecule has 0 fully saturated rings. The molecule has 0 atom stereocenters. The summed E-state index contributed by atoms with van der Waals surface area (Å²) < 4.78 is 37.7. The summed E-state index contributed by atoms with van der Waals surface area (Å²) in [6.45, 7) is 1.67. The van der Waals surface area contributed by atoms with Gasteiger partial charge in [0.2, 0.25) is 5.78 Å². The number of ether oxygens (including phenoxy) is 2. The van der Waals surface area contributed by atoms with Gasteiger partial charge in [0.1, 0.15) is 11.5 Å². The summed E-state index contributed by atoms with van der Waals surface area (Å²) in [6, 6.07) is 9.30. The Morgan fingerprint density at radius 1 is 1.15 bits per heavy atom. The molecule has 1 heterocycles. The number of methoxy groups -OCH3 is 1. The van der Waals surface area contributed by atoms with Gasteiger partial charge in [0.25, 0.3) is 0 Å². The molecule has 0 saturated heterocycles. The summed E-state index contributed by atoms with van der Waals surface area (Å²) in [4.78, 5) is 24.1. The van der Waals surface area contributed by atoms with E-state index in [1.807, 2.05) is 0 Å². The van der Waals surface area contributed by atoms with Crippen molar-refractivity contribution in [3.05, 3.63) is 64.4 Å². The van der Waals surface area contributed by atoms with Crippen LogP contribution in [0.3, 0.4) is 0 Å². The number of aryl methyl sites for hydroxylation is 1. The number of ketones is 1. The summed E-state index contributed by atoms with van der Waals surface area (Å²) in [6.07, 6.45) is 2.48. The van der Waals surface area contributed by atoms with Gasteiger partial charge in [0, 0.05) is 6.07 Å². The molecule has 7 nitrogen and oxygen atoms in total. The molecule has 0 bridgehead atoms. The van der Waals surface area contributed by atoms with E-state index in [1.54, 1.807) is 37.3 Å². The van der Waals surface area contributed by atoms with Crippen LogP contribution in [0, 0.1) is 6.92 Å². The van der Waals surface area contributed by atoms with Crippen molar-refractivity contribution in [3.8, 4) is 11.5 Å². The van der Waals surface area contributed by atoms with Gasteiger partial charge in [0.05, 0.1) is 24.5 Å². The van der Waals surface area contributed by atoms with Gasteiger partial charge < -0.3 is 13.7 Å². The number of carbonyl (C=O) groups excluding carboxylic acids is 2. The maximum atomic E-state index is 12.6. The Morgan fingerprint density at radius 2 is 1.81 bits per heavy atom. The van der Waals surface area contributed by atoms with E-state index in [9.17, 15) is 18.0 Å². The van der Waals surface area contributed by atoms with E-state index < -0.39 is 16.1 Å². The molecule has 0 amide bonds. The monoisotopic (exact) mass is 388 g/mol. The zero-order valence-electron chi connectivity index (χ0n) is 14.8. The average Bonchev–Trinajstić information content (AvgIpc) is 2.89. The Labute approximate surface area is 156 Å². The first-order valence-electron chi connectivity index (χ1n) is 7.84. The highest BCUT2D eigenvalue weighted by atomic mass is 32.2. The lowest BCUT2D eigenvalue weighted by Gasteiger charge is -2.06. The fraction of sp³-hybridized carbons (Fsp3) is 0.158. The Morgan fingerprint density at radius 3 is 2.41 bits per heavy atom. The molecule has 1 aliphatic rings. The number of hydrogen-bond donors (Lipinski definition) is 0. The van der Waals surface area contributed by atoms with Gasteiger partial charge in [-0.25, -0.2) is 4.79 Å². The summed E-state index contributed by atoms with van der Waals surface area (Å²) in [5.74, 6) is -0.369. The van der Waals surface area contributed by atoms with Crippen molar-refractivity contribution in [1.29, 1.82) is 0 Å². The maximum Gasteiger partial charge on any atom is 0.337 e. The number of Topliss-reactive ketones (excluding diaryl/α,β-unsaturated/α-hetero) is 1. The highest BCUT2D eigenvalue weighted by Crippen LogP contribution is 2.37. The second kappa shape index (κ2) is 6.88. The first kappa shape index (κ1) is 18.7. The summed E-state index contributed by atoms with van der Waals surface area (Å²) in [5, 5.41) is 0. The van der Waals surface area contributed by atoms with Crippen LogP contribution in [0.1, 0.15) is 31.8 Å². The van der Waals surface area contributed by atoms with E-state index >= 15 is 0 Å². The molecule has 0 aromatic heterocycles. The van der Waals surface area contributed by atoms with E-state index in [-0.39, 0.29) is 23.0 Å². The Hall–Kier alpha value is -3.13. The molecule has 0 saturated carbocycles. The van der Waals surface area contributed by atoms with Gasteiger partial charge in [-0.3, -0.25) is 4.79 Å². The number of esters is 1. The van der Waals surface area contributed by atoms with Gasteiger partial charge >= 0.3 is 16.1 Å². The van der Waals surface area contributed by atoms with Crippen LogP contribution in [0.15, 0.2) is 42.2 Å². The van der Waals surface area contributed by atoms with Crippen molar-refractivity contribution in [2.75, 3.05) is 13.4 Å². The zero-order chi connectivity index (χ0) is 19.8. The van der Waals surface area contributed by atoms with Crippen LogP contribution in [-0.4, -0.2) is 33.5 Å². The number of benzene rings is 2. The molecular weight excluding hydrogens is 372 g/mol. The lowest BCUT2D eigenvalue weighted by molar-refractivity contribution is 0.0600. The van der Waals surface area contributed by atoms with Crippen molar-refractivity contribution in [2.45, 2.75) is 6.92 Å². The van der Waals surface area contributed by atoms with Gasteiger partial charge in [-0.05, 0) is 42.3 Å². The molecule has 2 aromatic carbocycles. The molecule has 1 aliphatic heterocycles. The largest absolute Gasteiger partial charge is 0.465 e. The summed E-state index contributed by atoms with van der Waals surface area (Å²) >= 11 is 0. The van der Waals surface area contributed by atoms with Crippen LogP contribution in [0.5, 0.6) is 11.5 Å². The molecular formula is C19H16O7S. The highest BCUT2D eigenvalue weighted by molar-refractivity contribution is 7.86. The minimum absolute atomic E-state index is 0.0743. The number of hydrogen-bond acceptors (Lipinski definition) is 7. The van der Waals surface area contributed by atoms with Gasteiger partial charge in [0.15, 0.2) is 5.76 Å². The number of rotatable bonds is 4. The van der Waals surface area contributed by atoms with Gasteiger partial charge in [-0.2, -0.15) is 8.42 Å². The van der Waals surface area contributed by atoms with Gasteiger partial charge in [-0.1, -0.05) is 12.1 Å². The molecule has 0 aliphatic carbocycles. The molecule has 2 aromatic rings. The van der Waals surface area contributed by atoms with E-state index in [4.69, 9.17) is 8.92 Å². The average molecular weight is 388 g/mol. The standard InChI is InChI=1S/C19H16O7S/c1-11-8-14(26-27(3,22)23)10-15-17(11)18(20)16(25-15)9-12-4-6-13(7-5-12)19(21)24-2/h4-10H,1-3H3. The minimum atomic E-state index is -3.69.